The molecule has 0 radical (unpaired) electrons. The number of ether oxygens (including phenoxy) is 2. The molecule has 0 saturated heterocycles. The Hall–Kier alpha value is -2.90. The molecular formula is C21H27N3O4. The van der Waals surface area contributed by atoms with Crippen molar-refractivity contribution in [1.82, 2.24) is 10.2 Å². The number of anilines is 1. The molecular weight excluding hydrogens is 358 g/mol. The number of methoxy groups -OCH3 is 1. The van der Waals surface area contributed by atoms with Crippen LogP contribution in [0.25, 0.3) is 0 Å². The molecule has 28 heavy (non-hydrogen) atoms. The van der Waals surface area contributed by atoms with Crippen molar-refractivity contribution in [2.45, 2.75) is 6.92 Å². The molecule has 0 aliphatic rings. The third-order valence-corrected chi connectivity index (χ3v) is 3.85. The molecule has 0 fully saturated rings. The second-order valence-corrected chi connectivity index (χ2v) is 6.50. The monoisotopic (exact) mass is 385 g/mol. The van der Waals surface area contributed by atoms with Gasteiger partial charge in [-0.05, 0) is 50.4 Å². The SMILES string of the molecule is COCCNC(=O)CN(C)CC(=O)Nc1ccc(Oc2ccc(C)cc2)cc1. The summed E-state index contributed by atoms with van der Waals surface area (Å²) in [6, 6.07) is 14.9. The first-order valence-electron chi connectivity index (χ1n) is 9.05. The molecule has 2 N–H and O–H groups in total. The van der Waals surface area contributed by atoms with E-state index in [9.17, 15) is 9.59 Å². The van der Waals surface area contributed by atoms with Crippen molar-refractivity contribution >= 4 is 17.5 Å². The van der Waals surface area contributed by atoms with Gasteiger partial charge in [0, 0.05) is 19.3 Å². The van der Waals surface area contributed by atoms with Gasteiger partial charge in [-0.15, -0.1) is 0 Å². The molecule has 0 spiro atoms. The fourth-order valence-electron chi connectivity index (χ4n) is 2.44. The highest BCUT2D eigenvalue weighted by Gasteiger charge is 2.11. The Kier molecular flexibility index (Phi) is 8.45. The van der Waals surface area contributed by atoms with Gasteiger partial charge < -0.3 is 20.1 Å². The fraction of sp³-hybridized carbons (Fsp3) is 0.333. The lowest BCUT2D eigenvalue weighted by Gasteiger charge is -2.16. The molecule has 2 rings (SSSR count). The zero-order valence-corrected chi connectivity index (χ0v) is 16.5. The smallest absolute Gasteiger partial charge is 0.238 e. The van der Waals surface area contributed by atoms with Gasteiger partial charge in [0.25, 0.3) is 0 Å². The van der Waals surface area contributed by atoms with Crippen LogP contribution >= 0.6 is 0 Å². The highest BCUT2D eigenvalue weighted by atomic mass is 16.5. The van der Waals surface area contributed by atoms with Gasteiger partial charge in [0.1, 0.15) is 11.5 Å². The Bertz CT molecular complexity index is 760. The quantitative estimate of drug-likeness (QED) is 0.614. The van der Waals surface area contributed by atoms with Gasteiger partial charge in [0.05, 0.1) is 19.7 Å². The van der Waals surface area contributed by atoms with E-state index >= 15 is 0 Å². The van der Waals surface area contributed by atoms with Crippen LogP contribution in [-0.2, 0) is 14.3 Å². The topological polar surface area (TPSA) is 79.9 Å². The largest absolute Gasteiger partial charge is 0.457 e. The van der Waals surface area contributed by atoms with Gasteiger partial charge in [0.15, 0.2) is 0 Å². The van der Waals surface area contributed by atoms with Crippen molar-refractivity contribution in [2.75, 3.05) is 45.7 Å². The fourth-order valence-corrected chi connectivity index (χ4v) is 2.44. The normalized spacial score (nSPS) is 10.6. The van der Waals surface area contributed by atoms with E-state index in [-0.39, 0.29) is 24.9 Å². The highest BCUT2D eigenvalue weighted by molar-refractivity contribution is 5.92. The Balaban J connectivity index is 1.77. The third-order valence-electron chi connectivity index (χ3n) is 3.85. The average Bonchev–Trinajstić information content (AvgIpc) is 2.65. The summed E-state index contributed by atoms with van der Waals surface area (Å²) < 4.78 is 10.6. The molecule has 150 valence electrons. The van der Waals surface area contributed by atoms with Gasteiger partial charge in [-0.1, -0.05) is 17.7 Å². The lowest BCUT2D eigenvalue weighted by molar-refractivity contribution is -0.123. The second kappa shape index (κ2) is 11.1. The average molecular weight is 385 g/mol. The van der Waals surface area contributed by atoms with Crippen molar-refractivity contribution in [3.05, 3.63) is 54.1 Å². The number of carbonyl (C=O) groups is 2. The predicted octanol–water partition coefficient (Wildman–Crippen LogP) is 2.42. The lowest BCUT2D eigenvalue weighted by Crippen LogP contribution is -2.39. The molecule has 0 bridgehead atoms. The van der Waals surface area contributed by atoms with Crippen LogP contribution in [0.3, 0.4) is 0 Å². The van der Waals surface area contributed by atoms with Crippen LogP contribution in [0, 0.1) is 6.92 Å². The number of aryl methyl sites for hydroxylation is 1. The molecule has 0 aliphatic heterocycles. The van der Waals surface area contributed by atoms with E-state index in [1.54, 1.807) is 43.3 Å². The number of nitrogens with zero attached hydrogens (tertiary/aromatic N) is 1. The first-order chi connectivity index (χ1) is 13.5. The summed E-state index contributed by atoms with van der Waals surface area (Å²) in [4.78, 5) is 25.5. The highest BCUT2D eigenvalue weighted by Crippen LogP contribution is 2.23. The number of benzene rings is 2. The van der Waals surface area contributed by atoms with Crippen LogP contribution in [0.15, 0.2) is 48.5 Å². The van der Waals surface area contributed by atoms with Gasteiger partial charge in [-0.25, -0.2) is 0 Å². The van der Waals surface area contributed by atoms with E-state index in [1.807, 2.05) is 31.2 Å². The van der Waals surface area contributed by atoms with E-state index in [2.05, 4.69) is 10.6 Å². The number of amides is 2. The van der Waals surface area contributed by atoms with E-state index in [4.69, 9.17) is 9.47 Å². The number of nitrogens with one attached hydrogen (secondary N) is 2. The van der Waals surface area contributed by atoms with Gasteiger partial charge in [-0.3, -0.25) is 14.5 Å². The van der Waals surface area contributed by atoms with E-state index in [0.29, 0.717) is 24.6 Å². The standard InChI is InChI=1S/C21H27N3O4/c1-16-4-8-18(9-5-16)28-19-10-6-17(7-11-19)23-21(26)15-24(2)14-20(25)22-12-13-27-3/h4-11H,12-15H2,1-3H3,(H,22,25)(H,23,26). The molecule has 0 saturated carbocycles. The maximum atomic E-state index is 12.1. The van der Waals surface area contributed by atoms with E-state index in [0.717, 1.165) is 5.75 Å². The maximum absolute atomic E-state index is 12.1. The van der Waals surface area contributed by atoms with Crippen LogP contribution in [-0.4, -0.2) is 57.1 Å². The molecule has 0 heterocycles. The Morgan fingerprint density at radius 3 is 2.11 bits per heavy atom. The number of carbonyl (C=O) groups excluding carboxylic acids is 2. The van der Waals surface area contributed by atoms with Crippen molar-refractivity contribution in [1.29, 1.82) is 0 Å². The lowest BCUT2D eigenvalue weighted by atomic mass is 10.2. The van der Waals surface area contributed by atoms with Crippen LogP contribution in [0.1, 0.15) is 5.56 Å². The molecule has 0 aromatic heterocycles. The molecule has 2 amide bonds. The summed E-state index contributed by atoms with van der Waals surface area (Å²) in [5, 5.41) is 5.52. The molecule has 7 nitrogen and oxygen atoms in total. The van der Waals surface area contributed by atoms with E-state index in [1.165, 1.54) is 5.56 Å². The van der Waals surface area contributed by atoms with Crippen molar-refractivity contribution < 1.29 is 19.1 Å². The number of rotatable bonds is 10. The number of hydrogen-bond acceptors (Lipinski definition) is 5. The Morgan fingerprint density at radius 1 is 0.929 bits per heavy atom. The summed E-state index contributed by atoms with van der Waals surface area (Å²) in [5.41, 5.74) is 1.84. The first-order valence-corrected chi connectivity index (χ1v) is 9.05. The zero-order valence-electron chi connectivity index (χ0n) is 16.5. The number of hydrogen-bond donors (Lipinski definition) is 2. The molecule has 0 unspecified atom stereocenters. The third kappa shape index (κ3) is 7.77. The van der Waals surface area contributed by atoms with Crippen LogP contribution < -0.4 is 15.4 Å². The summed E-state index contributed by atoms with van der Waals surface area (Å²) in [6.07, 6.45) is 0. The summed E-state index contributed by atoms with van der Waals surface area (Å²) in [6.45, 7) is 3.18. The van der Waals surface area contributed by atoms with Gasteiger partial charge in [0.2, 0.25) is 11.8 Å². The minimum Gasteiger partial charge on any atom is -0.457 e. The first kappa shape index (κ1) is 21.4. The van der Waals surface area contributed by atoms with Crippen LogP contribution in [0.5, 0.6) is 11.5 Å². The predicted molar refractivity (Wildman–Crippen MR) is 109 cm³/mol. The Labute approximate surface area is 165 Å². The van der Waals surface area contributed by atoms with Crippen LogP contribution in [0.2, 0.25) is 0 Å². The molecule has 7 heteroatoms. The summed E-state index contributed by atoms with van der Waals surface area (Å²) in [7, 11) is 3.29. The maximum Gasteiger partial charge on any atom is 0.238 e. The Morgan fingerprint density at radius 2 is 1.50 bits per heavy atom. The minimum atomic E-state index is -0.195. The van der Waals surface area contributed by atoms with E-state index < -0.39 is 0 Å². The van der Waals surface area contributed by atoms with Crippen LogP contribution in [0.4, 0.5) is 5.69 Å². The number of likely N-dealkylation sites (N-methyl/N-ethyl adjacent to an activating group) is 1. The molecule has 0 atom stereocenters. The van der Waals surface area contributed by atoms with Crippen molar-refractivity contribution in [3.8, 4) is 11.5 Å². The second-order valence-electron chi connectivity index (χ2n) is 6.50. The summed E-state index contributed by atoms with van der Waals surface area (Å²) >= 11 is 0. The molecule has 2 aromatic rings. The van der Waals surface area contributed by atoms with Crippen molar-refractivity contribution in [2.24, 2.45) is 0 Å². The zero-order chi connectivity index (χ0) is 20.4. The van der Waals surface area contributed by atoms with Gasteiger partial charge in [-0.2, -0.15) is 0 Å². The van der Waals surface area contributed by atoms with Gasteiger partial charge >= 0.3 is 0 Å². The molecule has 0 aliphatic carbocycles. The molecule has 2 aromatic carbocycles. The minimum absolute atomic E-state index is 0.110. The van der Waals surface area contributed by atoms with Crippen molar-refractivity contribution in [3.63, 3.8) is 0 Å². The summed E-state index contributed by atoms with van der Waals surface area (Å²) in [5.74, 6) is 1.10.